The molecule has 0 saturated heterocycles. The van der Waals surface area contributed by atoms with Gasteiger partial charge in [0.2, 0.25) is 0 Å². The largest absolute Gasteiger partial charge is 0.481 e. The first kappa shape index (κ1) is 48.8. The summed E-state index contributed by atoms with van der Waals surface area (Å²) in [5.41, 5.74) is 0.124. The summed E-state index contributed by atoms with van der Waals surface area (Å²) in [6.07, 6.45) is 3.09. The fourth-order valence-electron chi connectivity index (χ4n) is 12.0. The van der Waals surface area contributed by atoms with Crippen LogP contribution in [0, 0.1) is 57.2 Å². The van der Waals surface area contributed by atoms with E-state index in [4.69, 9.17) is 28.4 Å². The van der Waals surface area contributed by atoms with E-state index >= 15 is 0 Å². The van der Waals surface area contributed by atoms with Crippen molar-refractivity contribution in [3.05, 3.63) is 24.3 Å². The zero-order valence-corrected chi connectivity index (χ0v) is 36.6. The van der Waals surface area contributed by atoms with Gasteiger partial charge >= 0.3 is 35.8 Å². The summed E-state index contributed by atoms with van der Waals surface area (Å²) in [5, 5.41) is 29.9. The number of fused-ring (bicyclic) bond motifs is 2. The van der Waals surface area contributed by atoms with Crippen LogP contribution in [0.5, 0.6) is 0 Å². The third kappa shape index (κ3) is 10.1. The summed E-state index contributed by atoms with van der Waals surface area (Å²) < 4.78 is 33.2. The number of carboxylic acids is 2. The number of esters is 4. The monoisotopic (exact) mass is 848 g/mol. The Bertz CT molecular complexity index is 1640. The van der Waals surface area contributed by atoms with Crippen LogP contribution in [0.3, 0.4) is 0 Å². The van der Waals surface area contributed by atoms with Gasteiger partial charge < -0.3 is 43.7 Å². The molecule has 15 nitrogen and oxygen atoms in total. The molecule has 0 bridgehead atoms. The Balaban J connectivity index is 1.55. The Hall–Kier alpha value is -3.82. The highest BCUT2D eigenvalue weighted by Gasteiger charge is 2.57. The summed E-state index contributed by atoms with van der Waals surface area (Å²) in [6, 6.07) is 0. The number of aliphatic hydroxyl groups excluding tert-OH is 1. The molecule has 0 aromatic heterocycles. The second-order valence-corrected chi connectivity index (χ2v) is 18.9. The minimum atomic E-state index is -1.56. The standard InChI is InChI=1S/C45H68O15/c1-26-12-14-32-42(3,24-46)16-10-18-44(32,5)30(26)22-59-37(41(54)57-9)29(21-35(49)50)39(52)60-25-43(4)17-11-19-45(6)31(27(2)13-15-33(43)45)23-58-36(40(53)56-8)28(20-34(47)48)38(51)55-7/h28-33,36-37,46H,1-2,10-25H2,3-9H3,(H,47,48)(H,49,50). The van der Waals surface area contributed by atoms with Crippen LogP contribution in [0.4, 0.5) is 0 Å². The van der Waals surface area contributed by atoms with Crippen LogP contribution < -0.4 is 0 Å². The lowest BCUT2D eigenvalue weighted by atomic mass is 9.47. The summed E-state index contributed by atoms with van der Waals surface area (Å²) >= 11 is 0. The SMILES string of the molecule is C=C1CCC2C(C)(CO)CCCC2(C)C1COC(C(=O)OC)C(CC(=O)O)C(=O)OCC1(C)CCCC2(C)C(COC(C(=O)OC)C(CC(=O)O)C(=O)OC)C(=C)CCC12. The first-order valence-corrected chi connectivity index (χ1v) is 21.2. The molecule has 0 heterocycles. The summed E-state index contributed by atoms with van der Waals surface area (Å²) in [5.74, 6) is -9.69. The lowest BCUT2D eigenvalue weighted by Crippen LogP contribution is -2.54. The number of aliphatic carboxylic acids is 2. The normalized spacial score (nSPS) is 33.5. The minimum absolute atomic E-state index is 0.00944. The van der Waals surface area contributed by atoms with Crippen molar-refractivity contribution in [3.63, 3.8) is 0 Å². The second kappa shape index (κ2) is 19.9. The Labute approximate surface area is 353 Å². The van der Waals surface area contributed by atoms with E-state index in [1.54, 1.807) is 0 Å². The van der Waals surface area contributed by atoms with Crippen LogP contribution in [-0.2, 0) is 57.2 Å². The number of ether oxygens (including phenoxy) is 6. The van der Waals surface area contributed by atoms with E-state index in [0.29, 0.717) is 19.3 Å². The van der Waals surface area contributed by atoms with Crippen molar-refractivity contribution in [2.45, 2.75) is 117 Å². The van der Waals surface area contributed by atoms with Crippen LogP contribution >= 0.6 is 0 Å². The zero-order chi connectivity index (χ0) is 44.8. The lowest BCUT2D eigenvalue weighted by molar-refractivity contribution is -0.181. The van der Waals surface area contributed by atoms with E-state index in [-0.39, 0.29) is 60.9 Å². The number of carbonyl (C=O) groups excluding carboxylic acids is 4. The van der Waals surface area contributed by atoms with Gasteiger partial charge in [0, 0.05) is 23.9 Å². The van der Waals surface area contributed by atoms with Gasteiger partial charge in [-0.1, -0.05) is 64.8 Å². The summed E-state index contributed by atoms with van der Waals surface area (Å²) in [7, 11) is 3.37. The van der Waals surface area contributed by atoms with Crippen LogP contribution in [0.2, 0.25) is 0 Å². The van der Waals surface area contributed by atoms with Crippen molar-refractivity contribution in [2.75, 3.05) is 47.8 Å². The molecule has 12 unspecified atom stereocenters. The molecule has 338 valence electrons. The Morgan fingerprint density at radius 1 is 0.633 bits per heavy atom. The first-order valence-electron chi connectivity index (χ1n) is 21.2. The van der Waals surface area contributed by atoms with Gasteiger partial charge in [-0.15, -0.1) is 0 Å². The molecule has 4 fully saturated rings. The van der Waals surface area contributed by atoms with Crippen LogP contribution in [0.1, 0.15) is 105 Å². The number of aliphatic hydroxyl groups is 1. The Morgan fingerprint density at radius 2 is 1.03 bits per heavy atom. The van der Waals surface area contributed by atoms with Gasteiger partial charge in [-0.05, 0) is 79.4 Å². The first-order chi connectivity index (χ1) is 28.2. The van der Waals surface area contributed by atoms with Crippen LogP contribution in [0.15, 0.2) is 24.3 Å². The molecule has 0 radical (unpaired) electrons. The molecule has 0 aromatic carbocycles. The van der Waals surface area contributed by atoms with Crippen molar-refractivity contribution in [2.24, 2.45) is 57.2 Å². The van der Waals surface area contributed by atoms with E-state index < -0.39 is 83.5 Å². The van der Waals surface area contributed by atoms with Gasteiger partial charge in [-0.3, -0.25) is 19.2 Å². The fourth-order valence-corrected chi connectivity index (χ4v) is 12.0. The number of hydrogen-bond donors (Lipinski definition) is 3. The third-order valence-electron chi connectivity index (χ3n) is 15.3. The summed E-state index contributed by atoms with van der Waals surface area (Å²) in [4.78, 5) is 77.0. The molecule has 4 saturated carbocycles. The topological polar surface area (TPSA) is 218 Å². The molecule has 0 aliphatic heterocycles. The van der Waals surface area contributed by atoms with Crippen molar-refractivity contribution in [3.8, 4) is 0 Å². The predicted molar refractivity (Wildman–Crippen MR) is 216 cm³/mol. The van der Waals surface area contributed by atoms with Crippen molar-refractivity contribution >= 4 is 35.8 Å². The highest BCUT2D eigenvalue weighted by Crippen LogP contribution is 2.62. The van der Waals surface area contributed by atoms with E-state index in [1.807, 2.05) is 6.92 Å². The van der Waals surface area contributed by atoms with Gasteiger partial charge in [0.15, 0.2) is 12.2 Å². The Morgan fingerprint density at radius 3 is 1.43 bits per heavy atom. The zero-order valence-electron chi connectivity index (χ0n) is 36.6. The van der Waals surface area contributed by atoms with E-state index in [2.05, 4.69) is 33.9 Å². The van der Waals surface area contributed by atoms with Gasteiger partial charge in [0.25, 0.3) is 0 Å². The number of carboxylic acid groups (broad SMARTS) is 2. The molecule has 4 rings (SSSR count). The maximum Gasteiger partial charge on any atom is 0.335 e. The van der Waals surface area contributed by atoms with Gasteiger partial charge in [0.1, 0.15) is 11.8 Å². The maximum atomic E-state index is 14.1. The number of methoxy groups -OCH3 is 3. The molecular formula is C45H68O15. The Kier molecular flexibility index (Phi) is 16.2. The van der Waals surface area contributed by atoms with Gasteiger partial charge in [-0.2, -0.15) is 0 Å². The smallest absolute Gasteiger partial charge is 0.335 e. The molecule has 0 spiro atoms. The predicted octanol–water partition coefficient (Wildman–Crippen LogP) is 5.55. The molecular weight excluding hydrogens is 780 g/mol. The maximum absolute atomic E-state index is 14.1. The number of hydrogen-bond acceptors (Lipinski definition) is 13. The molecule has 4 aliphatic rings. The lowest BCUT2D eigenvalue weighted by Gasteiger charge is -2.58. The van der Waals surface area contributed by atoms with Gasteiger partial charge in [0.05, 0.1) is 54.0 Å². The minimum Gasteiger partial charge on any atom is -0.481 e. The van der Waals surface area contributed by atoms with Crippen molar-refractivity contribution in [1.82, 2.24) is 0 Å². The van der Waals surface area contributed by atoms with Crippen LogP contribution in [0.25, 0.3) is 0 Å². The van der Waals surface area contributed by atoms with E-state index in [9.17, 15) is 44.1 Å². The second-order valence-electron chi connectivity index (χ2n) is 18.9. The quantitative estimate of drug-likeness (QED) is 0.0825. The molecule has 0 aromatic rings. The van der Waals surface area contributed by atoms with Gasteiger partial charge in [-0.25, -0.2) is 9.59 Å². The van der Waals surface area contributed by atoms with E-state index in [0.717, 1.165) is 77.4 Å². The van der Waals surface area contributed by atoms with Crippen LogP contribution in [-0.4, -0.2) is 111 Å². The number of rotatable bonds is 19. The average Bonchev–Trinajstić information content (AvgIpc) is 3.19. The molecule has 3 N–H and O–H groups in total. The molecule has 4 aliphatic carbocycles. The molecule has 15 heteroatoms. The third-order valence-corrected chi connectivity index (χ3v) is 15.3. The highest BCUT2D eigenvalue weighted by molar-refractivity contribution is 5.87. The van der Waals surface area contributed by atoms with Crippen molar-refractivity contribution in [1.29, 1.82) is 0 Å². The molecule has 12 atom stereocenters. The average molecular weight is 849 g/mol. The van der Waals surface area contributed by atoms with E-state index in [1.165, 1.54) is 0 Å². The highest BCUT2D eigenvalue weighted by atomic mass is 16.6. The number of carbonyl (C=O) groups is 6. The molecule has 60 heavy (non-hydrogen) atoms. The molecule has 0 amide bonds. The fraction of sp³-hybridized carbons (Fsp3) is 0.778. The van der Waals surface area contributed by atoms with Crippen molar-refractivity contribution < 1.29 is 72.5 Å². The summed E-state index contributed by atoms with van der Waals surface area (Å²) in [6.45, 7) is 17.0.